The molecule has 1 aromatic carbocycles. The number of morpholine rings is 1. The fourth-order valence-corrected chi connectivity index (χ4v) is 3.52. The van der Waals surface area contributed by atoms with E-state index in [0.717, 1.165) is 30.3 Å². The number of anilines is 1. The Kier molecular flexibility index (Phi) is 4.78. The van der Waals surface area contributed by atoms with Crippen LogP contribution in [0.2, 0.25) is 0 Å². The molecule has 0 aliphatic carbocycles. The van der Waals surface area contributed by atoms with E-state index in [4.69, 9.17) is 4.74 Å². The van der Waals surface area contributed by atoms with E-state index in [9.17, 15) is 5.26 Å². The number of aromatic nitrogens is 3. The van der Waals surface area contributed by atoms with E-state index in [2.05, 4.69) is 21.2 Å². The van der Waals surface area contributed by atoms with E-state index in [1.807, 2.05) is 57.8 Å². The molecule has 7 heteroatoms. The zero-order chi connectivity index (χ0) is 17.8. The zero-order valence-electron chi connectivity index (χ0n) is 14.1. The van der Waals surface area contributed by atoms with Gasteiger partial charge in [0.05, 0.1) is 24.5 Å². The third-order valence-corrected chi connectivity index (χ3v) is 4.87. The van der Waals surface area contributed by atoms with E-state index in [-0.39, 0.29) is 0 Å². The quantitative estimate of drug-likeness (QED) is 0.666. The summed E-state index contributed by atoms with van der Waals surface area (Å²) in [6.45, 7) is 2.82. The first-order chi connectivity index (χ1) is 12.9. The maximum absolute atomic E-state index is 9.74. The lowest BCUT2D eigenvalue weighted by Crippen LogP contribution is -2.38. The summed E-state index contributed by atoms with van der Waals surface area (Å²) in [6.07, 6.45) is 1.85. The van der Waals surface area contributed by atoms with E-state index in [1.54, 1.807) is 11.3 Å². The average molecular weight is 363 g/mol. The van der Waals surface area contributed by atoms with Crippen LogP contribution in [-0.2, 0) is 4.74 Å². The third-order valence-electron chi connectivity index (χ3n) is 4.17. The number of allylic oxidation sites excluding steroid dienone is 1. The normalized spacial score (nSPS) is 15.0. The molecule has 0 unspecified atom stereocenters. The Morgan fingerprint density at radius 2 is 1.96 bits per heavy atom. The minimum absolute atomic E-state index is 0.485. The van der Waals surface area contributed by atoms with Crippen molar-refractivity contribution in [2.75, 3.05) is 31.2 Å². The van der Waals surface area contributed by atoms with E-state index < -0.39 is 0 Å². The summed E-state index contributed by atoms with van der Waals surface area (Å²) in [5.74, 6) is 1.28. The molecule has 1 saturated heterocycles. The van der Waals surface area contributed by atoms with Crippen molar-refractivity contribution in [2.45, 2.75) is 0 Å². The van der Waals surface area contributed by atoms with Gasteiger partial charge >= 0.3 is 0 Å². The molecule has 1 aliphatic rings. The Hall–Kier alpha value is -2.95. The fourth-order valence-electron chi connectivity index (χ4n) is 2.90. The Morgan fingerprint density at radius 3 is 2.65 bits per heavy atom. The second kappa shape index (κ2) is 7.52. The first kappa shape index (κ1) is 16.5. The van der Waals surface area contributed by atoms with Crippen LogP contribution in [0.5, 0.6) is 0 Å². The first-order valence-electron chi connectivity index (χ1n) is 8.35. The number of rotatable bonds is 4. The van der Waals surface area contributed by atoms with Crippen LogP contribution in [0.3, 0.4) is 0 Å². The molecule has 130 valence electrons. The Labute approximate surface area is 155 Å². The van der Waals surface area contributed by atoms with Crippen molar-refractivity contribution in [3.8, 4) is 11.8 Å². The molecule has 0 amide bonds. The number of hydrogen-bond acceptors (Lipinski definition) is 6. The molecule has 0 atom stereocenters. The zero-order valence-corrected chi connectivity index (χ0v) is 14.9. The monoisotopic (exact) mass is 363 g/mol. The number of para-hydroxylation sites is 1. The molecule has 0 spiro atoms. The van der Waals surface area contributed by atoms with Crippen LogP contribution in [0.15, 0.2) is 47.2 Å². The smallest absolute Gasteiger partial charge is 0.232 e. The standard InChI is InChI=1S/C19H17N5OS/c20-13-16(12-15-6-11-26-14-15)18-21-22-19(23-7-9-25-10-8-23)24(18)17-4-2-1-3-5-17/h1-6,11-12,14H,7-10H2/b16-12-. The highest BCUT2D eigenvalue weighted by Crippen LogP contribution is 2.26. The Morgan fingerprint density at radius 1 is 1.15 bits per heavy atom. The summed E-state index contributed by atoms with van der Waals surface area (Å²) < 4.78 is 7.40. The number of thiophene rings is 1. The molecule has 3 aromatic rings. The van der Waals surface area contributed by atoms with Gasteiger partial charge in [0.25, 0.3) is 0 Å². The molecule has 26 heavy (non-hydrogen) atoms. The van der Waals surface area contributed by atoms with Crippen molar-refractivity contribution in [3.05, 3.63) is 58.5 Å². The maximum Gasteiger partial charge on any atom is 0.232 e. The van der Waals surface area contributed by atoms with Gasteiger partial charge in [-0.2, -0.15) is 16.6 Å². The SMILES string of the molecule is N#C/C(=C/c1ccsc1)c1nnc(N2CCOCC2)n1-c1ccccc1. The van der Waals surface area contributed by atoms with Gasteiger partial charge in [-0.15, -0.1) is 10.2 Å². The number of ether oxygens (including phenoxy) is 1. The molecule has 0 N–H and O–H groups in total. The van der Waals surface area contributed by atoms with Crippen molar-refractivity contribution in [1.29, 1.82) is 5.26 Å². The van der Waals surface area contributed by atoms with Gasteiger partial charge in [-0.25, -0.2) is 0 Å². The van der Waals surface area contributed by atoms with Gasteiger partial charge in [-0.05, 0) is 40.6 Å². The van der Waals surface area contributed by atoms with Crippen molar-refractivity contribution in [1.82, 2.24) is 14.8 Å². The topological polar surface area (TPSA) is 67.0 Å². The summed E-state index contributed by atoms with van der Waals surface area (Å²) in [7, 11) is 0. The third kappa shape index (κ3) is 3.25. The van der Waals surface area contributed by atoms with Gasteiger partial charge in [0.1, 0.15) is 6.07 Å². The van der Waals surface area contributed by atoms with Crippen molar-refractivity contribution < 1.29 is 4.74 Å². The average Bonchev–Trinajstić information content (AvgIpc) is 3.37. The van der Waals surface area contributed by atoms with Crippen LogP contribution in [0.1, 0.15) is 11.4 Å². The lowest BCUT2D eigenvalue weighted by atomic mass is 10.2. The number of nitrogens with zero attached hydrogens (tertiary/aromatic N) is 5. The highest BCUT2D eigenvalue weighted by Gasteiger charge is 2.23. The number of nitriles is 1. The Balaban J connectivity index is 1.84. The summed E-state index contributed by atoms with van der Waals surface area (Å²) >= 11 is 1.60. The highest BCUT2D eigenvalue weighted by atomic mass is 32.1. The van der Waals surface area contributed by atoms with E-state index in [1.165, 1.54) is 0 Å². The van der Waals surface area contributed by atoms with Gasteiger partial charge in [-0.3, -0.25) is 4.57 Å². The maximum atomic E-state index is 9.74. The molecule has 6 nitrogen and oxygen atoms in total. The highest BCUT2D eigenvalue weighted by molar-refractivity contribution is 7.08. The lowest BCUT2D eigenvalue weighted by Gasteiger charge is -2.28. The second-order valence-electron chi connectivity index (χ2n) is 5.82. The molecule has 0 radical (unpaired) electrons. The van der Waals surface area contributed by atoms with E-state index in [0.29, 0.717) is 24.6 Å². The van der Waals surface area contributed by atoms with Gasteiger partial charge in [0.2, 0.25) is 5.95 Å². The van der Waals surface area contributed by atoms with Crippen molar-refractivity contribution >= 4 is 28.9 Å². The van der Waals surface area contributed by atoms with Crippen molar-refractivity contribution in [2.24, 2.45) is 0 Å². The van der Waals surface area contributed by atoms with Gasteiger partial charge in [-0.1, -0.05) is 18.2 Å². The molecular formula is C19H17N5OS. The van der Waals surface area contributed by atoms with Gasteiger partial charge in [0.15, 0.2) is 5.82 Å². The summed E-state index contributed by atoms with van der Waals surface area (Å²) in [4.78, 5) is 2.15. The van der Waals surface area contributed by atoms with Crippen LogP contribution < -0.4 is 4.90 Å². The molecule has 1 fully saturated rings. The molecule has 0 bridgehead atoms. The van der Waals surface area contributed by atoms with Crippen LogP contribution in [0.4, 0.5) is 5.95 Å². The number of benzene rings is 1. The van der Waals surface area contributed by atoms with Crippen LogP contribution >= 0.6 is 11.3 Å². The fraction of sp³-hybridized carbons (Fsp3) is 0.211. The lowest BCUT2D eigenvalue weighted by molar-refractivity contribution is 0.122. The number of hydrogen-bond donors (Lipinski definition) is 0. The van der Waals surface area contributed by atoms with Crippen LogP contribution in [0, 0.1) is 11.3 Å². The van der Waals surface area contributed by atoms with Gasteiger partial charge in [0, 0.05) is 13.1 Å². The van der Waals surface area contributed by atoms with E-state index >= 15 is 0 Å². The second-order valence-corrected chi connectivity index (χ2v) is 6.60. The predicted molar refractivity (Wildman–Crippen MR) is 102 cm³/mol. The minimum Gasteiger partial charge on any atom is -0.378 e. The molecular weight excluding hydrogens is 346 g/mol. The van der Waals surface area contributed by atoms with Gasteiger partial charge < -0.3 is 9.64 Å². The molecule has 1 aliphatic heterocycles. The molecule has 3 heterocycles. The predicted octanol–water partition coefficient (Wildman–Crippen LogP) is 3.23. The minimum atomic E-state index is 0.485. The first-order valence-corrected chi connectivity index (χ1v) is 9.29. The molecule has 4 rings (SSSR count). The molecule has 2 aromatic heterocycles. The largest absolute Gasteiger partial charge is 0.378 e. The van der Waals surface area contributed by atoms with Crippen LogP contribution in [0.25, 0.3) is 17.3 Å². The summed E-state index contributed by atoms with van der Waals surface area (Å²) in [6, 6.07) is 14.2. The molecule has 0 saturated carbocycles. The van der Waals surface area contributed by atoms with Crippen molar-refractivity contribution in [3.63, 3.8) is 0 Å². The summed E-state index contributed by atoms with van der Waals surface area (Å²) in [5, 5.41) is 22.5. The summed E-state index contributed by atoms with van der Waals surface area (Å²) in [5.41, 5.74) is 2.40. The Bertz CT molecular complexity index is 934. The van der Waals surface area contributed by atoms with Crippen LogP contribution in [-0.4, -0.2) is 41.1 Å².